The summed E-state index contributed by atoms with van der Waals surface area (Å²) in [7, 11) is 0. The second-order valence-electron chi connectivity index (χ2n) is 5.14. The third-order valence-corrected chi connectivity index (χ3v) is 3.39. The van der Waals surface area contributed by atoms with Crippen molar-refractivity contribution in [1.82, 2.24) is 15.0 Å². The second kappa shape index (κ2) is 8.61. The standard InChI is InChI=1S/C14H25N5O2/c1-2-3-4-5-6-9-21-14-17-12(15)16-13(18-14)19-7-10-20-11-8-19/h2-11H2,1H3,(H2,15,16,17,18). The molecule has 1 aliphatic rings. The van der Waals surface area contributed by atoms with Gasteiger partial charge in [-0.1, -0.05) is 32.6 Å². The number of morpholine rings is 1. The van der Waals surface area contributed by atoms with E-state index in [1.54, 1.807) is 0 Å². The number of rotatable bonds is 8. The Morgan fingerprint density at radius 3 is 2.62 bits per heavy atom. The van der Waals surface area contributed by atoms with Crippen LogP contribution in [0.15, 0.2) is 0 Å². The van der Waals surface area contributed by atoms with Crippen LogP contribution in [0.25, 0.3) is 0 Å². The summed E-state index contributed by atoms with van der Waals surface area (Å²) < 4.78 is 10.9. The number of aromatic nitrogens is 3. The van der Waals surface area contributed by atoms with E-state index in [4.69, 9.17) is 15.2 Å². The van der Waals surface area contributed by atoms with Crippen LogP contribution in [0, 0.1) is 0 Å². The van der Waals surface area contributed by atoms with Gasteiger partial charge in [0, 0.05) is 13.1 Å². The number of nitrogens with zero attached hydrogens (tertiary/aromatic N) is 4. The van der Waals surface area contributed by atoms with E-state index in [9.17, 15) is 0 Å². The van der Waals surface area contributed by atoms with Crippen molar-refractivity contribution in [2.24, 2.45) is 0 Å². The lowest BCUT2D eigenvalue weighted by Gasteiger charge is -2.26. The van der Waals surface area contributed by atoms with Gasteiger partial charge in [0.2, 0.25) is 11.9 Å². The highest BCUT2D eigenvalue weighted by atomic mass is 16.5. The highest BCUT2D eigenvalue weighted by Gasteiger charge is 2.16. The number of nitrogens with two attached hydrogens (primary N) is 1. The van der Waals surface area contributed by atoms with E-state index in [1.165, 1.54) is 25.7 Å². The molecule has 7 nitrogen and oxygen atoms in total. The molecule has 1 aliphatic heterocycles. The van der Waals surface area contributed by atoms with Crippen LogP contribution in [0.2, 0.25) is 0 Å². The largest absolute Gasteiger partial charge is 0.463 e. The van der Waals surface area contributed by atoms with Crippen molar-refractivity contribution < 1.29 is 9.47 Å². The molecule has 0 aliphatic carbocycles. The van der Waals surface area contributed by atoms with E-state index in [0.717, 1.165) is 19.5 Å². The van der Waals surface area contributed by atoms with Crippen molar-refractivity contribution in [2.45, 2.75) is 39.0 Å². The second-order valence-corrected chi connectivity index (χ2v) is 5.14. The van der Waals surface area contributed by atoms with Gasteiger partial charge in [0.05, 0.1) is 19.8 Å². The van der Waals surface area contributed by atoms with Crippen LogP contribution in [-0.2, 0) is 4.74 Å². The molecule has 0 atom stereocenters. The summed E-state index contributed by atoms with van der Waals surface area (Å²) >= 11 is 0. The van der Waals surface area contributed by atoms with Crippen LogP contribution in [0.5, 0.6) is 6.01 Å². The van der Waals surface area contributed by atoms with Crippen molar-refractivity contribution in [3.05, 3.63) is 0 Å². The summed E-state index contributed by atoms with van der Waals surface area (Å²) in [4.78, 5) is 14.6. The van der Waals surface area contributed by atoms with Crippen LogP contribution in [-0.4, -0.2) is 47.9 Å². The first kappa shape index (κ1) is 15.8. The van der Waals surface area contributed by atoms with Crippen LogP contribution in [0.1, 0.15) is 39.0 Å². The highest BCUT2D eigenvalue weighted by Crippen LogP contribution is 2.15. The molecule has 1 saturated heterocycles. The SMILES string of the molecule is CCCCCCCOc1nc(N)nc(N2CCOCC2)n1. The molecule has 1 aromatic heterocycles. The van der Waals surface area contributed by atoms with Gasteiger partial charge in [-0.3, -0.25) is 0 Å². The van der Waals surface area contributed by atoms with Crippen LogP contribution in [0.3, 0.4) is 0 Å². The topological polar surface area (TPSA) is 86.4 Å². The molecule has 2 rings (SSSR count). The Morgan fingerprint density at radius 2 is 1.86 bits per heavy atom. The van der Waals surface area contributed by atoms with Crippen LogP contribution < -0.4 is 15.4 Å². The molecule has 2 N–H and O–H groups in total. The summed E-state index contributed by atoms with van der Waals surface area (Å²) in [6.45, 7) is 5.71. The average molecular weight is 295 g/mol. The molecule has 0 amide bonds. The van der Waals surface area contributed by atoms with Crippen molar-refractivity contribution in [3.63, 3.8) is 0 Å². The number of unbranched alkanes of at least 4 members (excludes halogenated alkanes) is 4. The third kappa shape index (κ3) is 5.34. The van der Waals surface area contributed by atoms with Crippen LogP contribution in [0.4, 0.5) is 11.9 Å². The number of anilines is 2. The first-order chi connectivity index (χ1) is 10.3. The molecular formula is C14H25N5O2. The third-order valence-electron chi connectivity index (χ3n) is 3.39. The summed E-state index contributed by atoms with van der Waals surface area (Å²) in [6.07, 6.45) is 5.95. The number of hydrogen-bond acceptors (Lipinski definition) is 7. The fourth-order valence-electron chi connectivity index (χ4n) is 2.20. The normalized spacial score (nSPS) is 15.2. The van der Waals surface area contributed by atoms with Gasteiger partial charge in [0.25, 0.3) is 0 Å². The molecule has 0 aromatic carbocycles. The van der Waals surface area contributed by atoms with Gasteiger partial charge < -0.3 is 20.1 Å². The van der Waals surface area contributed by atoms with Gasteiger partial charge >= 0.3 is 6.01 Å². The molecule has 21 heavy (non-hydrogen) atoms. The zero-order valence-electron chi connectivity index (χ0n) is 12.8. The molecule has 7 heteroatoms. The quantitative estimate of drug-likeness (QED) is 0.729. The molecule has 0 saturated carbocycles. The maximum atomic E-state index is 5.74. The summed E-state index contributed by atoms with van der Waals surface area (Å²) in [5.41, 5.74) is 5.74. The first-order valence-corrected chi connectivity index (χ1v) is 7.76. The molecule has 118 valence electrons. The summed E-state index contributed by atoms with van der Waals surface area (Å²) in [5.74, 6) is 0.777. The molecule has 2 heterocycles. The average Bonchev–Trinajstić information content (AvgIpc) is 2.51. The monoisotopic (exact) mass is 295 g/mol. The Hall–Kier alpha value is -1.63. The molecule has 0 radical (unpaired) electrons. The Bertz CT molecular complexity index is 424. The van der Waals surface area contributed by atoms with E-state index in [-0.39, 0.29) is 5.95 Å². The van der Waals surface area contributed by atoms with E-state index in [2.05, 4.69) is 21.9 Å². The van der Waals surface area contributed by atoms with E-state index in [1.807, 2.05) is 4.90 Å². The molecular weight excluding hydrogens is 270 g/mol. The van der Waals surface area contributed by atoms with Crippen molar-refractivity contribution in [3.8, 4) is 6.01 Å². The Kier molecular flexibility index (Phi) is 6.46. The molecule has 0 bridgehead atoms. The fourth-order valence-corrected chi connectivity index (χ4v) is 2.20. The van der Waals surface area contributed by atoms with E-state index in [0.29, 0.717) is 31.8 Å². The molecule has 0 unspecified atom stereocenters. The van der Waals surface area contributed by atoms with Gasteiger partial charge in [0.15, 0.2) is 0 Å². The van der Waals surface area contributed by atoms with Crippen molar-refractivity contribution in [2.75, 3.05) is 43.5 Å². The molecule has 0 spiro atoms. The van der Waals surface area contributed by atoms with Crippen LogP contribution >= 0.6 is 0 Å². The smallest absolute Gasteiger partial charge is 0.323 e. The number of ether oxygens (including phenoxy) is 2. The van der Waals surface area contributed by atoms with Gasteiger partial charge in [-0.15, -0.1) is 0 Å². The fraction of sp³-hybridized carbons (Fsp3) is 0.786. The van der Waals surface area contributed by atoms with E-state index >= 15 is 0 Å². The summed E-state index contributed by atoms with van der Waals surface area (Å²) in [5, 5.41) is 0. The van der Waals surface area contributed by atoms with Gasteiger partial charge in [-0.2, -0.15) is 15.0 Å². The zero-order valence-corrected chi connectivity index (χ0v) is 12.8. The predicted octanol–water partition coefficient (Wildman–Crippen LogP) is 1.64. The summed E-state index contributed by atoms with van der Waals surface area (Å²) in [6, 6.07) is 0.319. The lowest BCUT2D eigenvalue weighted by molar-refractivity contribution is 0.122. The lowest BCUT2D eigenvalue weighted by Crippen LogP contribution is -2.37. The Labute approximate surface area is 125 Å². The maximum absolute atomic E-state index is 5.74. The first-order valence-electron chi connectivity index (χ1n) is 7.76. The zero-order chi connectivity index (χ0) is 14.9. The Balaban J connectivity index is 1.83. The predicted molar refractivity (Wildman–Crippen MR) is 81.5 cm³/mol. The maximum Gasteiger partial charge on any atom is 0.323 e. The number of nitrogen functional groups attached to an aromatic ring is 1. The number of hydrogen-bond donors (Lipinski definition) is 1. The minimum Gasteiger partial charge on any atom is -0.463 e. The van der Waals surface area contributed by atoms with E-state index < -0.39 is 0 Å². The van der Waals surface area contributed by atoms with Gasteiger partial charge in [0.1, 0.15) is 0 Å². The highest BCUT2D eigenvalue weighted by molar-refractivity contribution is 5.36. The minimum atomic E-state index is 0.201. The Morgan fingerprint density at radius 1 is 1.10 bits per heavy atom. The van der Waals surface area contributed by atoms with Gasteiger partial charge in [-0.25, -0.2) is 0 Å². The minimum absolute atomic E-state index is 0.201. The lowest BCUT2D eigenvalue weighted by atomic mass is 10.2. The molecule has 1 fully saturated rings. The van der Waals surface area contributed by atoms with Crippen molar-refractivity contribution in [1.29, 1.82) is 0 Å². The van der Waals surface area contributed by atoms with Crippen molar-refractivity contribution >= 4 is 11.9 Å². The molecule has 1 aromatic rings. The van der Waals surface area contributed by atoms with Gasteiger partial charge in [-0.05, 0) is 6.42 Å².